The molecular formula is C12H21N3OS. The highest BCUT2D eigenvalue weighted by Gasteiger charge is 2.45. The molecule has 1 N–H and O–H groups in total. The van der Waals surface area contributed by atoms with Gasteiger partial charge in [-0.2, -0.15) is 5.26 Å². The monoisotopic (exact) mass is 255 g/mol. The van der Waals surface area contributed by atoms with Gasteiger partial charge in [-0.15, -0.1) is 11.8 Å². The van der Waals surface area contributed by atoms with Gasteiger partial charge in [-0.25, -0.2) is 0 Å². The first kappa shape index (κ1) is 14.3. The van der Waals surface area contributed by atoms with Crippen LogP contribution in [0.4, 0.5) is 0 Å². The van der Waals surface area contributed by atoms with E-state index in [1.807, 2.05) is 6.92 Å². The molecule has 4 nitrogen and oxygen atoms in total. The van der Waals surface area contributed by atoms with Gasteiger partial charge in [-0.05, 0) is 25.3 Å². The summed E-state index contributed by atoms with van der Waals surface area (Å²) in [5.41, 5.74) is -0.425. The number of carbonyl (C=O) groups excluding carboxylic acids is 1. The highest BCUT2D eigenvalue weighted by Crippen LogP contribution is 2.41. The minimum Gasteiger partial charge on any atom is -0.348 e. The average molecular weight is 255 g/mol. The van der Waals surface area contributed by atoms with E-state index in [0.717, 1.165) is 19.4 Å². The first-order valence-electron chi connectivity index (χ1n) is 6.00. The van der Waals surface area contributed by atoms with Crippen LogP contribution in [0.25, 0.3) is 0 Å². The van der Waals surface area contributed by atoms with Crippen molar-refractivity contribution in [1.82, 2.24) is 10.2 Å². The van der Waals surface area contributed by atoms with Crippen LogP contribution in [0.1, 0.15) is 19.8 Å². The summed E-state index contributed by atoms with van der Waals surface area (Å²) in [5.74, 6) is 1.72. The molecule has 17 heavy (non-hydrogen) atoms. The smallest absolute Gasteiger partial charge is 0.232 e. The van der Waals surface area contributed by atoms with Gasteiger partial charge >= 0.3 is 0 Å². The second kappa shape index (κ2) is 6.27. The average Bonchev–Trinajstić information content (AvgIpc) is 3.11. The predicted molar refractivity (Wildman–Crippen MR) is 70.8 cm³/mol. The van der Waals surface area contributed by atoms with Gasteiger partial charge in [0.2, 0.25) is 5.91 Å². The van der Waals surface area contributed by atoms with Gasteiger partial charge in [0.15, 0.2) is 0 Å². The third kappa shape index (κ3) is 3.90. The molecule has 1 aliphatic rings. The third-order valence-corrected chi connectivity index (χ3v) is 4.13. The van der Waals surface area contributed by atoms with Crippen molar-refractivity contribution in [3.05, 3.63) is 0 Å². The molecule has 0 aliphatic heterocycles. The summed E-state index contributed by atoms with van der Waals surface area (Å²) in [6, 6.07) is 2.42. The van der Waals surface area contributed by atoms with E-state index in [4.69, 9.17) is 0 Å². The van der Waals surface area contributed by atoms with E-state index < -0.39 is 5.54 Å². The standard InChI is InChI=1S/C12H21N3OS/c1-4-14-12(8-13,10-5-6-10)9-17-7-11(16)15(2)3/h10,14H,4-7,9H2,1-3H3. The van der Waals surface area contributed by atoms with Crippen molar-refractivity contribution in [2.75, 3.05) is 32.1 Å². The van der Waals surface area contributed by atoms with Gasteiger partial charge in [-0.1, -0.05) is 6.92 Å². The molecule has 1 aliphatic carbocycles. The Bertz CT molecular complexity index is 309. The number of rotatable bonds is 7. The molecule has 5 heteroatoms. The van der Waals surface area contributed by atoms with Crippen molar-refractivity contribution in [2.45, 2.75) is 25.3 Å². The van der Waals surface area contributed by atoms with Crippen LogP contribution in [0.15, 0.2) is 0 Å². The first-order valence-corrected chi connectivity index (χ1v) is 7.15. The van der Waals surface area contributed by atoms with E-state index in [1.165, 1.54) is 0 Å². The van der Waals surface area contributed by atoms with E-state index >= 15 is 0 Å². The number of nitrogens with one attached hydrogen (secondary N) is 1. The Morgan fingerprint density at radius 1 is 1.59 bits per heavy atom. The van der Waals surface area contributed by atoms with Crippen LogP contribution >= 0.6 is 11.8 Å². The van der Waals surface area contributed by atoms with Crippen molar-refractivity contribution >= 4 is 17.7 Å². The molecular weight excluding hydrogens is 234 g/mol. The number of thioether (sulfide) groups is 1. The van der Waals surface area contributed by atoms with Crippen molar-refractivity contribution < 1.29 is 4.79 Å². The maximum Gasteiger partial charge on any atom is 0.232 e. The number of amides is 1. The van der Waals surface area contributed by atoms with Crippen LogP contribution in [-0.2, 0) is 4.79 Å². The number of nitriles is 1. The van der Waals surface area contributed by atoms with Gasteiger partial charge in [0.05, 0.1) is 11.8 Å². The Labute approximate surface area is 108 Å². The summed E-state index contributed by atoms with van der Waals surface area (Å²) in [6.45, 7) is 2.82. The largest absolute Gasteiger partial charge is 0.348 e. The molecule has 1 fully saturated rings. The number of carbonyl (C=O) groups is 1. The molecule has 0 bridgehead atoms. The van der Waals surface area contributed by atoms with Crippen molar-refractivity contribution in [3.63, 3.8) is 0 Å². The molecule has 1 unspecified atom stereocenters. The normalized spacial score (nSPS) is 18.2. The van der Waals surface area contributed by atoms with Crippen LogP contribution in [0, 0.1) is 17.2 Å². The van der Waals surface area contributed by atoms with Gasteiger partial charge in [0, 0.05) is 19.8 Å². The fourth-order valence-electron chi connectivity index (χ4n) is 1.80. The minimum absolute atomic E-state index is 0.106. The lowest BCUT2D eigenvalue weighted by Gasteiger charge is -2.27. The lowest BCUT2D eigenvalue weighted by atomic mass is 9.98. The highest BCUT2D eigenvalue weighted by molar-refractivity contribution is 8.00. The fraction of sp³-hybridized carbons (Fsp3) is 0.833. The first-order chi connectivity index (χ1) is 8.05. The predicted octanol–water partition coefficient (Wildman–Crippen LogP) is 1.09. The van der Waals surface area contributed by atoms with Crippen LogP contribution in [0.2, 0.25) is 0 Å². The van der Waals surface area contributed by atoms with E-state index in [-0.39, 0.29) is 5.91 Å². The van der Waals surface area contributed by atoms with E-state index in [1.54, 1.807) is 30.8 Å². The molecule has 1 atom stereocenters. The summed E-state index contributed by atoms with van der Waals surface area (Å²) < 4.78 is 0. The summed E-state index contributed by atoms with van der Waals surface area (Å²) >= 11 is 1.55. The third-order valence-electron chi connectivity index (χ3n) is 3.02. The number of nitrogens with zero attached hydrogens (tertiary/aromatic N) is 2. The van der Waals surface area contributed by atoms with Crippen molar-refractivity contribution in [3.8, 4) is 6.07 Å². The van der Waals surface area contributed by atoms with Crippen molar-refractivity contribution in [2.24, 2.45) is 5.92 Å². The molecule has 96 valence electrons. The maximum absolute atomic E-state index is 11.5. The zero-order valence-electron chi connectivity index (χ0n) is 10.8. The van der Waals surface area contributed by atoms with Gasteiger partial charge in [-0.3, -0.25) is 10.1 Å². The fourth-order valence-corrected chi connectivity index (χ4v) is 3.06. The van der Waals surface area contributed by atoms with Crippen LogP contribution in [0.5, 0.6) is 0 Å². The van der Waals surface area contributed by atoms with E-state index in [0.29, 0.717) is 17.4 Å². The quantitative estimate of drug-likeness (QED) is 0.740. The molecule has 1 saturated carbocycles. The topological polar surface area (TPSA) is 56.1 Å². The summed E-state index contributed by atoms with van der Waals surface area (Å²) in [6.07, 6.45) is 2.26. The second-order valence-electron chi connectivity index (χ2n) is 4.67. The molecule has 0 aromatic rings. The Hall–Kier alpha value is -0.730. The molecule has 0 aromatic heterocycles. The lowest BCUT2D eigenvalue weighted by molar-refractivity contribution is -0.125. The molecule has 0 aromatic carbocycles. The summed E-state index contributed by atoms with van der Waals surface area (Å²) in [5, 5.41) is 12.7. The Morgan fingerprint density at radius 2 is 2.24 bits per heavy atom. The molecule has 0 radical (unpaired) electrons. The lowest BCUT2D eigenvalue weighted by Crippen LogP contribution is -2.48. The second-order valence-corrected chi connectivity index (χ2v) is 5.65. The maximum atomic E-state index is 11.5. The Balaban J connectivity index is 2.45. The number of hydrogen-bond acceptors (Lipinski definition) is 4. The van der Waals surface area contributed by atoms with Gasteiger partial charge in [0.1, 0.15) is 5.54 Å². The summed E-state index contributed by atoms with van der Waals surface area (Å²) in [7, 11) is 3.51. The molecule has 0 saturated heterocycles. The van der Waals surface area contributed by atoms with Crippen LogP contribution in [-0.4, -0.2) is 48.5 Å². The molecule has 0 spiro atoms. The van der Waals surface area contributed by atoms with Gasteiger partial charge < -0.3 is 4.90 Å². The van der Waals surface area contributed by atoms with E-state index in [2.05, 4.69) is 11.4 Å². The van der Waals surface area contributed by atoms with Gasteiger partial charge in [0.25, 0.3) is 0 Å². The zero-order valence-corrected chi connectivity index (χ0v) is 11.6. The van der Waals surface area contributed by atoms with Crippen LogP contribution < -0.4 is 5.32 Å². The SMILES string of the molecule is CCNC(C#N)(CSCC(=O)N(C)C)C1CC1. The zero-order chi connectivity index (χ0) is 12.9. The highest BCUT2D eigenvalue weighted by atomic mass is 32.2. The molecule has 1 amide bonds. The van der Waals surface area contributed by atoms with Crippen molar-refractivity contribution in [1.29, 1.82) is 5.26 Å². The summed E-state index contributed by atoms with van der Waals surface area (Å²) in [4.78, 5) is 13.1. The minimum atomic E-state index is -0.425. The Morgan fingerprint density at radius 3 is 2.65 bits per heavy atom. The molecule has 0 heterocycles. The van der Waals surface area contributed by atoms with E-state index in [9.17, 15) is 10.1 Å². The molecule has 1 rings (SSSR count). The number of hydrogen-bond donors (Lipinski definition) is 1. The Kier molecular flexibility index (Phi) is 5.29. The van der Waals surface area contributed by atoms with Crippen LogP contribution in [0.3, 0.4) is 0 Å².